The number of nitrogens with one attached hydrogen (secondary N) is 1. The van der Waals surface area contributed by atoms with Gasteiger partial charge in [0.05, 0.1) is 33.8 Å². The molecule has 0 radical (unpaired) electrons. The molecule has 0 heterocycles. The molecule has 0 saturated heterocycles. The van der Waals surface area contributed by atoms with E-state index in [1.807, 2.05) is 33.3 Å². The van der Waals surface area contributed by atoms with Crippen LogP contribution < -0.4 is 5.32 Å². The van der Waals surface area contributed by atoms with Crippen molar-refractivity contribution in [3.8, 4) is 0 Å². The quantitative estimate of drug-likeness (QED) is 0.0156. The standard InChI is InChI=1S/C67H127N2O7P/c1-7-10-13-16-19-22-25-27-29-30-31-32-33-34-35-36-37-38-40-41-44-47-50-53-56-59-66(70)68-64(63-75-77(72,73)74-62-61-69(4,5)6)65(58-55-52-49-46-43-24-21-18-15-12-9-3)76-67(71)60-57-54-51-48-45-42-39-28-26-23-20-17-14-11-8-2/h11,14,17,20,23,26,55,58,64-65H,7-10,12-13,15-16,18-19,21-22,24-25,27-54,56-57,59-63H2,1-6H3,(H-,68,70,72,73)/p+1/b14-11+,20-17+,26-23+,58-55-. The number of carbonyl (C=O) groups is 2. The normalized spacial score (nSPS) is 13.9. The van der Waals surface area contributed by atoms with Crippen LogP contribution in [-0.4, -0.2) is 74.3 Å². The molecule has 452 valence electrons. The van der Waals surface area contributed by atoms with Crippen LogP contribution in [0.1, 0.15) is 316 Å². The van der Waals surface area contributed by atoms with Crippen molar-refractivity contribution in [2.24, 2.45) is 0 Å². The molecule has 9 nitrogen and oxygen atoms in total. The average molecular weight is 1100 g/mol. The first-order valence-corrected chi connectivity index (χ1v) is 34.5. The van der Waals surface area contributed by atoms with Crippen LogP contribution in [0.3, 0.4) is 0 Å². The van der Waals surface area contributed by atoms with E-state index in [1.165, 1.54) is 205 Å². The maximum atomic E-state index is 13.6. The zero-order valence-corrected chi connectivity index (χ0v) is 52.6. The number of nitrogens with zero attached hydrogens (tertiary/aromatic N) is 1. The lowest BCUT2D eigenvalue weighted by Crippen LogP contribution is -2.47. The van der Waals surface area contributed by atoms with Gasteiger partial charge in [0.2, 0.25) is 5.91 Å². The predicted molar refractivity (Wildman–Crippen MR) is 332 cm³/mol. The average Bonchev–Trinajstić information content (AvgIpc) is 3.39. The zero-order valence-electron chi connectivity index (χ0n) is 51.7. The van der Waals surface area contributed by atoms with Crippen LogP contribution in [0.15, 0.2) is 48.6 Å². The number of likely N-dealkylation sites (N-methyl/N-ethyl adjacent to an activating group) is 1. The Hall–Kier alpha value is -2.03. The second-order valence-corrected chi connectivity index (χ2v) is 25.1. The van der Waals surface area contributed by atoms with Crippen molar-refractivity contribution < 1.29 is 37.3 Å². The van der Waals surface area contributed by atoms with E-state index in [9.17, 15) is 19.0 Å². The van der Waals surface area contributed by atoms with Crippen molar-refractivity contribution in [2.75, 3.05) is 40.9 Å². The molecule has 0 bridgehead atoms. The van der Waals surface area contributed by atoms with Crippen LogP contribution in [-0.2, 0) is 27.9 Å². The molecule has 0 spiro atoms. The molecular formula is C67H128N2O7P+. The summed E-state index contributed by atoms with van der Waals surface area (Å²) in [5, 5.41) is 3.06. The topological polar surface area (TPSA) is 111 Å². The molecule has 77 heavy (non-hydrogen) atoms. The summed E-state index contributed by atoms with van der Waals surface area (Å²) < 4.78 is 30.7. The van der Waals surface area contributed by atoms with Gasteiger partial charge in [0.1, 0.15) is 19.3 Å². The molecule has 0 aliphatic carbocycles. The lowest BCUT2D eigenvalue weighted by Gasteiger charge is -2.27. The molecule has 0 saturated carbocycles. The van der Waals surface area contributed by atoms with Crippen LogP contribution in [0.25, 0.3) is 0 Å². The van der Waals surface area contributed by atoms with Gasteiger partial charge in [-0.25, -0.2) is 4.57 Å². The molecule has 1 amide bonds. The van der Waals surface area contributed by atoms with Gasteiger partial charge in [-0.1, -0.05) is 301 Å². The fraction of sp³-hybridized carbons (Fsp3) is 0.851. The Bertz CT molecular complexity index is 1460. The van der Waals surface area contributed by atoms with Crippen LogP contribution in [0.2, 0.25) is 0 Å². The first-order valence-electron chi connectivity index (χ1n) is 33.0. The van der Waals surface area contributed by atoms with E-state index in [1.54, 1.807) is 0 Å². The highest BCUT2D eigenvalue weighted by atomic mass is 31.2. The SMILES string of the molecule is CC/C=C/C=C/C=C/CCCCCCCCCC(=O)OC(/C=C\CCCCCCCCCCC)C(COP(=O)(O)OCC[N+](C)(C)C)NC(=O)CCCCCCCCCCCCCCCCCCCCCCCCCCC. The first-order chi connectivity index (χ1) is 37.4. The Morgan fingerprint density at radius 1 is 0.468 bits per heavy atom. The Morgan fingerprint density at radius 3 is 1.23 bits per heavy atom. The summed E-state index contributed by atoms with van der Waals surface area (Å²) in [4.78, 5) is 37.7. The minimum absolute atomic E-state index is 0.0392. The minimum Gasteiger partial charge on any atom is -0.456 e. The van der Waals surface area contributed by atoms with Gasteiger partial charge < -0.3 is 19.4 Å². The molecule has 0 aromatic heterocycles. The molecule has 0 aromatic rings. The van der Waals surface area contributed by atoms with Gasteiger partial charge in [-0.05, 0) is 51.0 Å². The molecule has 0 rings (SSSR count). The summed E-state index contributed by atoms with van der Waals surface area (Å²) in [5.41, 5.74) is 0. The van der Waals surface area contributed by atoms with Crippen molar-refractivity contribution in [1.29, 1.82) is 0 Å². The third-order valence-electron chi connectivity index (χ3n) is 14.8. The fourth-order valence-electron chi connectivity index (χ4n) is 9.77. The van der Waals surface area contributed by atoms with Crippen LogP contribution in [0.4, 0.5) is 0 Å². The number of unbranched alkanes of at least 4 members (excludes halogenated alkanes) is 40. The third-order valence-corrected chi connectivity index (χ3v) is 15.8. The van der Waals surface area contributed by atoms with E-state index in [2.05, 4.69) is 62.5 Å². The highest BCUT2D eigenvalue weighted by Gasteiger charge is 2.30. The number of ether oxygens (including phenoxy) is 1. The lowest BCUT2D eigenvalue weighted by molar-refractivity contribution is -0.870. The van der Waals surface area contributed by atoms with Crippen molar-refractivity contribution in [3.05, 3.63) is 48.6 Å². The van der Waals surface area contributed by atoms with E-state index in [-0.39, 0.29) is 31.5 Å². The fourth-order valence-corrected chi connectivity index (χ4v) is 10.5. The molecule has 2 N–H and O–H groups in total. The second-order valence-electron chi connectivity index (χ2n) is 23.7. The number of hydrogen-bond donors (Lipinski definition) is 2. The molecule has 0 aromatic carbocycles. The van der Waals surface area contributed by atoms with Crippen molar-refractivity contribution in [3.63, 3.8) is 0 Å². The largest absolute Gasteiger partial charge is 0.472 e. The van der Waals surface area contributed by atoms with Crippen molar-refractivity contribution in [2.45, 2.75) is 328 Å². The number of amides is 1. The predicted octanol–water partition coefficient (Wildman–Crippen LogP) is 20.5. The molecular weight excluding hydrogens is 976 g/mol. The second kappa shape index (κ2) is 57.2. The van der Waals surface area contributed by atoms with E-state index in [4.69, 9.17) is 13.8 Å². The molecule has 0 aliphatic rings. The van der Waals surface area contributed by atoms with E-state index in [0.717, 1.165) is 77.0 Å². The van der Waals surface area contributed by atoms with E-state index < -0.39 is 20.0 Å². The third kappa shape index (κ3) is 58.4. The number of carbonyl (C=O) groups excluding carboxylic acids is 2. The maximum Gasteiger partial charge on any atom is 0.472 e. The summed E-state index contributed by atoms with van der Waals surface area (Å²) in [7, 11) is 1.50. The van der Waals surface area contributed by atoms with Gasteiger partial charge >= 0.3 is 13.8 Å². The van der Waals surface area contributed by atoms with E-state index in [0.29, 0.717) is 17.4 Å². The number of allylic oxidation sites excluding steroid dienone is 7. The Kier molecular flexibility index (Phi) is 55.7. The van der Waals surface area contributed by atoms with Crippen molar-refractivity contribution >= 4 is 19.7 Å². The summed E-state index contributed by atoms with van der Waals surface area (Å²) in [5.74, 6) is -0.507. The number of phosphoric ester groups is 1. The van der Waals surface area contributed by atoms with Gasteiger partial charge in [-0.15, -0.1) is 0 Å². The maximum absolute atomic E-state index is 13.6. The lowest BCUT2D eigenvalue weighted by atomic mass is 10.0. The van der Waals surface area contributed by atoms with E-state index >= 15 is 0 Å². The molecule has 10 heteroatoms. The molecule has 3 unspecified atom stereocenters. The Labute approximate surface area is 478 Å². The highest BCUT2D eigenvalue weighted by Crippen LogP contribution is 2.43. The monoisotopic (exact) mass is 1100 g/mol. The number of quaternary nitrogens is 1. The smallest absolute Gasteiger partial charge is 0.456 e. The molecule has 0 aliphatic heterocycles. The van der Waals surface area contributed by atoms with Gasteiger partial charge in [-0.3, -0.25) is 18.6 Å². The van der Waals surface area contributed by atoms with Crippen LogP contribution in [0, 0.1) is 0 Å². The van der Waals surface area contributed by atoms with Gasteiger partial charge in [0.15, 0.2) is 0 Å². The summed E-state index contributed by atoms with van der Waals surface area (Å²) in [6, 6.07) is -0.851. The zero-order chi connectivity index (χ0) is 56.4. The Balaban J connectivity index is 5.02. The van der Waals surface area contributed by atoms with Gasteiger partial charge in [-0.2, -0.15) is 0 Å². The van der Waals surface area contributed by atoms with Gasteiger partial charge in [0.25, 0.3) is 0 Å². The van der Waals surface area contributed by atoms with Crippen LogP contribution in [0.5, 0.6) is 0 Å². The molecule has 3 atom stereocenters. The Morgan fingerprint density at radius 2 is 0.831 bits per heavy atom. The number of hydrogen-bond acceptors (Lipinski definition) is 6. The number of rotatable bonds is 60. The summed E-state index contributed by atoms with van der Waals surface area (Å²) in [6.45, 7) is 6.91. The summed E-state index contributed by atoms with van der Waals surface area (Å²) >= 11 is 0. The summed E-state index contributed by atoms with van der Waals surface area (Å²) in [6.07, 6.45) is 71.3. The molecule has 0 fully saturated rings. The van der Waals surface area contributed by atoms with Gasteiger partial charge in [0, 0.05) is 12.8 Å². The highest BCUT2D eigenvalue weighted by molar-refractivity contribution is 7.47. The number of esters is 1. The first kappa shape index (κ1) is 75.0. The number of phosphoric acid groups is 1. The van der Waals surface area contributed by atoms with Crippen molar-refractivity contribution in [1.82, 2.24) is 5.32 Å². The van der Waals surface area contributed by atoms with Crippen LogP contribution >= 0.6 is 7.82 Å². The minimum atomic E-state index is -4.45.